The van der Waals surface area contributed by atoms with E-state index in [2.05, 4.69) is 21.4 Å². The van der Waals surface area contributed by atoms with Gasteiger partial charge in [-0.1, -0.05) is 6.08 Å². The minimum Gasteiger partial charge on any atom is -0.337 e. The second kappa shape index (κ2) is 7.33. The molecule has 0 aromatic carbocycles. The molecule has 0 bridgehead atoms. The van der Waals surface area contributed by atoms with Crippen molar-refractivity contribution < 1.29 is 0 Å². The number of imidazole rings is 1. The highest BCUT2D eigenvalue weighted by molar-refractivity contribution is 4.73. The van der Waals surface area contributed by atoms with Crippen LogP contribution in [0.3, 0.4) is 0 Å². The van der Waals surface area contributed by atoms with Gasteiger partial charge < -0.3 is 9.88 Å². The second-order valence-electron chi connectivity index (χ2n) is 3.33. The molecule has 1 aromatic heterocycles. The van der Waals surface area contributed by atoms with E-state index in [1.165, 1.54) is 12.8 Å². The summed E-state index contributed by atoms with van der Waals surface area (Å²) in [5.74, 6) is 0. The normalized spacial score (nSPS) is 10.3. The highest BCUT2D eigenvalue weighted by Gasteiger charge is 1.90. The highest BCUT2D eigenvalue weighted by atomic mass is 15.0. The van der Waals surface area contributed by atoms with Crippen LogP contribution in [0.15, 0.2) is 31.4 Å². The van der Waals surface area contributed by atoms with Crippen molar-refractivity contribution in [1.82, 2.24) is 14.9 Å². The fourth-order valence-corrected chi connectivity index (χ4v) is 1.29. The summed E-state index contributed by atoms with van der Waals surface area (Å²) in [6.07, 6.45) is 11.1. The Kier molecular flexibility index (Phi) is 5.75. The third-order valence-corrected chi connectivity index (χ3v) is 2.10. The van der Waals surface area contributed by atoms with E-state index in [0.29, 0.717) is 0 Å². The van der Waals surface area contributed by atoms with E-state index in [1.807, 2.05) is 24.8 Å². The van der Waals surface area contributed by atoms with Crippen LogP contribution in [0.5, 0.6) is 0 Å². The quantitative estimate of drug-likeness (QED) is 0.504. The summed E-state index contributed by atoms with van der Waals surface area (Å²) in [4.78, 5) is 4.00. The summed E-state index contributed by atoms with van der Waals surface area (Å²) >= 11 is 0. The largest absolute Gasteiger partial charge is 0.337 e. The highest BCUT2D eigenvalue weighted by Crippen LogP contribution is 1.93. The molecule has 1 heterocycles. The first-order valence-electron chi connectivity index (χ1n) is 5.21. The topological polar surface area (TPSA) is 29.9 Å². The van der Waals surface area contributed by atoms with Crippen molar-refractivity contribution in [2.24, 2.45) is 0 Å². The van der Waals surface area contributed by atoms with E-state index in [9.17, 15) is 0 Å². The van der Waals surface area contributed by atoms with Crippen LogP contribution < -0.4 is 5.32 Å². The summed E-state index contributed by atoms with van der Waals surface area (Å²) in [5, 5.41) is 3.37. The molecule has 0 aliphatic rings. The molecule has 0 saturated heterocycles. The van der Waals surface area contributed by atoms with Gasteiger partial charge in [-0.05, 0) is 32.4 Å². The van der Waals surface area contributed by atoms with Crippen molar-refractivity contribution in [3.05, 3.63) is 31.4 Å². The van der Waals surface area contributed by atoms with E-state index >= 15 is 0 Å². The fraction of sp³-hybridized carbons (Fsp3) is 0.545. The van der Waals surface area contributed by atoms with Gasteiger partial charge in [0.2, 0.25) is 0 Å². The van der Waals surface area contributed by atoms with Crippen LogP contribution in [0.2, 0.25) is 0 Å². The molecule has 0 unspecified atom stereocenters. The first-order chi connectivity index (χ1) is 6.93. The number of aromatic nitrogens is 2. The third kappa shape index (κ3) is 4.82. The lowest BCUT2D eigenvalue weighted by Gasteiger charge is -2.03. The van der Waals surface area contributed by atoms with Crippen molar-refractivity contribution in [2.45, 2.75) is 25.8 Å². The standard InChI is InChI=1S/C11H19N3/c1-2-3-6-12-7-4-5-9-14-10-8-13-11-14/h2,8,10-12H,1,3-7,9H2. The zero-order valence-electron chi connectivity index (χ0n) is 8.65. The average Bonchev–Trinajstić information content (AvgIpc) is 2.69. The Morgan fingerprint density at radius 3 is 3.00 bits per heavy atom. The molecule has 14 heavy (non-hydrogen) atoms. The van der Waals surface area contributed by atoms with Gasteiger partial charge in [-0.3, -0.25) is 0 Å². The van der Waals surface area contributed by atoms with Crippen LogP contribution in [0.4, 0.5) is 0 Å². The summed E-state index contributed by atoms with van der Waals surface area (Å²) in [6, 6.07) is 0. The second-order valence-corrected chi connectivity index (χ2v) is 3.33. The smallest absolute Gasteiger partial charge is 0.0945 e. The van der Waals surface area contributed by atoms with Crippen LogP contribution in [-0.2, 0) is 6.54 Å². The van der Waals surface area contributed by atoms with Gasteiger partial charge in [0.05, 0.1) is 6.33 Å². The Bertz CT molecular complexity index is 229. The molecule has 0 fully saturated rings. The first kappa shape index (κ1) is 11.0. The maximum atomic E-state index is 4.00. The van der Waals surface area contributed by atoms with Gasteiger partial charge in [-0.25, -0.2) is 4.98 Å². The SMILES string of the molecule is C=CCCNCCCCn1ccnc1. The van der Waals surface area contributed by atoms with Gasteiger partial charge in [0, 0.05) is 18.9 Å². The lowest BCUT2D eigenvalue weighted by Crippen LogP contribution is -2.16. The van der Waals surface area contributed by atoms with E-state index in [-0.39, 0.29) is 0 Å². The van der Waals surface area contributed by atoms with Crippen LogP contribution in [0.25, 0.3) is 0 Å². The Morgan fingerprint density at radius 2 is 2.29 bits per heavy atom. The fourth-order valence-electron chi connectivity index (χ4n) is 1.29. The van der Waals surface area contributed by atoms with Crippen LogP contribution in [0.1, 0.15) is 19.3 Å². The van der Waals surface area contributed by atoms with E-state index in [1.54, 1.807) is 0 Å². The molecule has 3 heteroatoms. The lowest BCUT2D eigenvalue weighted by atomic mass is 10.3. The molecule has 1 N–H and O–H groups in total. The first-order valence-corrected chi connectivity index (χ1v) is 5.21. The minimum atomic E-state index is 1.05. The molecular weight excluding hydrogens is 174 g/mol. The van der Waals surface area contributed by atoms with Gasteiger partial charge in [-0.2, -0.15) is 0 Å². The van der Waals surface area contributed by atoms with Crippen molar-refractivity contribution >= 4 is 0 Å². The van der Waals surface area contributed by atoms with Crippen molar-refractivity contribution in [1.29, 1.82) is 0 Å². The predicted molar refractivity (Wildman–Crippen MR) is 59.1 cm³/mol. The molecule has 0 spiro atoms. The van der Waals surface area contributed by atoms with Crippen LogP contribution >= 0.6 is 0 Å². The number of unbranched alkanes of at least 4 members (excludes halogenated alkanes) is 1. The Labute approximate surface area is 85.8 Å². The Hall–Kier alpha value is -1.09. The van der Waals surface area contributed by atoms with E-state index in [4.69, 9.17) is 0 Å². The molecule has 0 aliphatic carbocycles. The van der Waals surface area contributed by atoms with Gasteiger partial charge in [-0.15, -0.1) is 6.58 Å². The summed E-state index contributed by atoms with van der Waals surface area (Å²) in [5.41, 5.74) is 0. The molecule has 0 radical (unpaired) electrons. The molecule has 1 rings (SSSR count). The van der Waals surface area contributed by atoms with Crippen molar-refractivity contribution in [3.63, 3.8) is 0 Å². The van der Waals surface area contributed by atoms with Crippen LogP contribution in [0, 0.1) is 0 Å². The lowest BCUT2D eigenvalue weighted by molar-refractivity contribution is 0.571. The molecule has 3 nitrogen and oxygen atoms in total. The number of rotatable bonds is 8. The molecule has 0 atom stereocenters. The van der Waals surface area contributed by atoms with Crippen molar-refractivity contribution in [2.75, 3.05) is 13.1 Å². The summed E-state index contributed by atoms with van der Waals surface area (Å²) in [7, 11) is 0. The Morgan fingerprint density at radius 1 is 1.36 bits per heavy atom. The van der Waals surface area contributed by atoms with Crippen LogP contribution in [-0.4, -0.2) is 22.6 Å². The maximum absolute atomic E-state index is 4.00. The molecule has 0 saturated carbocycles. The molecule has 0 amide bonds. The molecule has 0 aliphatic heterocycles. The monoisotopic (exact) mass is 193 g/mol. The van der Waals surface area contributed by atoms with E-state index in [0.717, 1.165) is 26.1 Å². The molecule has 78 valence electrons. The van der Waals surface area contributed by atoms with Gasteiger partial charge >= 0.3 is 0 Å². The minimum absolute atomic E-state index is 1.05. The number of nitrogens with one attached hydrogen (secondary N) is 1. The Balaban J connectivity index is 1.87. The maximum Gasteiger partial charge on any atom is 0.0945 e. The van der Waals surface area contributed by atoms with Gasteiger partial charge in [0.25, 0.3) is 0 Å². The number of nitrogens with zero attached hydrogens (tertiary/aromatic N) is 2. The zero-order valence-corrected chi connectivity index (χ0v) is 8.65. The number of hydrogen-bond donors (Lipinski definition) is 1. The summed E-state index contributed by atoms with van der Waals surface area (Å²) < 4.78 is 2.11. The van der Waals surface area contributed by atoms with Gasteiger partial charge in [0.1, 0.15) is 0 Å². The average molecular weight is 193 g/mol. The third-order valence-electron chi connectivity index (χ3n) is 2.10. The summed E-state index contributed by atoms with van der Waals surface area (Å²) in [6.45, 7) is 6.90. The van der Waals surface area contributed by atoms with Crippen molar-refractivity contribution in [3.8, 4) is 0 Å². The zero-order chi connectivity index (χ0) is 10.1. The molecular formula is C11H19N3. The predicted octanol–water partition coefficient (Wildman–Crippen LogP) is 1.83. The molecule has 1 aromatic rings. The van der Waals surface area contributed by atoms with Gasteiger partial charge in [0.15, 0.2) is 0 Å². The van der Waals surface area contributed by atoms with E-state index < -0.39 is 0 Å². The number of hydrogen-bond acceptors (Lipinski definition) is 2. The number of aryl methyl sites for hydroxylation is 1.